The molecule has 0 radical (unpaired) electrons. The van der Waals surface area contributed by atoms with E-state index in [0.717, 1.165) is 22.5 Å². The highest BCUT2D eigenvalue weighted by atomic mass is 15.3. The van der Waals surface area contributed by atoms with Crippen LogP contribution in [0, 0.1) is 13.8 Å². The number of hydrogen-bond acceptors (Lipinski definition) is 3. The molecular formula is C16H19N5. The van der Waals surface area contributed by atoms with Crippen molar-refractivity contribution in [3.05, 3.63) is 41.9 Å². The Morgan fingerprint density at radius 2 is 1.86 bits per heavy atom. The van der Waals surface area contributed by atoms with Crippen molar-refractivity contribution in [2.24, 2.45) is 14.1 Å². The van der Waals surface area contributed by atoms with Crippen LogP contribution in [0.25, 0.3) is 22.5 Å². The molecule has 21 heavy (non-hydrogen) atoms. The fourth-order valence-electron chi connectivity index (χ4n) is 2.43. The zero-order valence-corrected chi connectivity index (χ0v) is 12.8. The van der Waals surface area contributed by atoms with E-state index in [2.05, 4.69) is 42.1 Å². The van der Waals surface area contributed by atoms with Crippen molar-refractivity contribution in [3.63, 3.8) is 0 Å². The molecule has 3 rings (SSSR count). The van der Waals surface area contributed by atoms with E-state index >= 15 is 0 Å². The van der Waals surface area contributed by atoms with E-state index in [0.29, 0.717) is 5.82 Å². The van der Waals surface area contributed by atoms with Gasteiger partial charge < -0.3 is 10.3 Å². The monoisotopic (exact) mass is 281 g/mol. The summed E-state index contributed by atoms with van der Waals surface area (Å²) in [5.74, 6) is 0.652. The highest BCUT2D eigenvalue weighted by Crippen LogP contribution is 2.35. The molecule has 0 amide bonds. The van der Waals surface area contributed by atoms with Gasteiger partial charge in [0.1, 0.15) is 17.2 Å². The fraction of sp³-hybridized carbons (Fsp3) is 0.250. The Morgan fingerprint density at radius 3 is 2.48 bits per heavy atom. The minimum atomic E-state index is 0.652. The Kier molecular flexibility index (Phi) is 3.05. The summed E-state index contributed by atoms with van der Waals surface area (Å²) in [5.41, 5.74) is 12.4. The van der Waals surface area contributed by atoms with E-state index in [1.54, 1.807) is 11.0 Å². The lowest BCUT2D eigenvalue weighted by Crippen LogP contribution is -1.98. The lowest BCUT2D eigenvalue weighted by molar-refractivity contribution is 0.781. The van der Waals surface area contributed by atoms with Crippen molar-refractivity contribution in [3.8, 4) is 22.5 Å². The summed E-state index contributed by atoms with van der Waals surface area (Å²) in [6.45, 7) is 4.21. The highest BCUT2D eigenvalue weighted by Gasteiger charge is 2.19. The van der Waals surface area contributed by atoms with Gasteiger partial charge in [-0.2, -0.15) is 5.10 Å². The van der Waals surface area contributed by atoms with Crippen LogP contribution in [0.3, 0.4) is 0 Å². The molecule has 3 aromatic rings. The summed E-state index contributed by atoms with van der Waals surface area (Å²) >= 11 is 0. The van der Waals surface area contributed by atoms with Gasteiger partial charge in [0.05, 0.1) is 11.9 Å². The lowest BCUT2D eigenvalue weighted by atomic mass is 9.99. The SMILES string of the molecule is Cc1ccc(-c2c(-c3cn(C)cn3)nn(C)c2N)cc1C. The number of aryl methyl sites for hydroxylation is 4. The molecule has 0 spiro atoms. The van der Waals surface area contributed by atoms with Crippen LogP contribution in [0.15, 0.2) is 30.7 Å². The molecular weight excluding hydrogens is 262 g/mol. The molecule has 0 unspecified atom stereocenters. The molecule has 2 heterocycles. The van der Waals surface area contributed by atoms with Gasteiger partial charge in [0.2, 0.25) is 0 Å². The number of rotatable bonds is 2. The Morgan fingerprint density at radius 1 is 1.10 bits per heavy atom. The average Bonchev–Trinajstić information content (AvgIpc) is 2.99. The molecule has 0 saturated heterocycles. The zero-order chi connectivity index (χ0) is 15.1. The van der Waals surface area contributed by atoms with Crippen LogP contribution in [0.5, 0.6) is 0 Å². The Hall–Kier alpha value is -2.56. The standard InChI is InChI=1S/C16H19N5/c1-10-5-6-12(7-11(10)2)14-15(19-21(4)16(14)17)13-8-20(3)9-18-13/h5-9H,17H2,1-4H3. The van der Waals surface area contributed by atoms with E-state index in [-0.39, 0.29) is 0 Å². The molecule has 0 aliphatic rings. The third-order valence-electron chi connectivity index (χ3n) is 3.83. The number of nitrogens with two attached hydrogens (primary N) is 1. The topological polar surface area (TPSA) is 61.7 Å². The maximum atomic E-state index is 6.23. The fourth-order valence-corrected chi connectivity index (χ4v) is 2.43. The third kappa shape index (κ3) is 2.20. The van der Waals surface area contributed by atoms with Gasteiger partial charge in [0.25, 0.3) is 0 Å². The van der Waals surface area contributed by atoms with E-state index in [9.17, 15) is 0 Å². The first-order valence-electron chi connectivity index (χ1n) is 6.86. The number of nitrogens with zero attached hydrogens (tertiary/aromatic N) is 4. The number of hydrogen-bond donors (Lipinski definition) is 1. The van der Waals surface area contributed by atoms with Crippen molar-refractivity contribution >= 4 is 5.82 Å². The number of benzene rings is 1. The zero-order valence-electron chi connectivity index (χ0n) is 12.8. The van der Waals surface area contributed by atoms with Gasteiger partial charge in [-0.25, -0.2) is 4.98 Å². The third-order valence-corrected chi connectivity index (χ3v) is 3.83. The van der Waals surface area contributed by atoms with E-state index < -0.39 is 0 Å². The molecule has 0 aliphatic heterocycles. The van der Waals surface area contributed by atoms with Crippen molar-refractivity contribution in [1.82, 2.24) is 19.3 Å². The first kappa shape index (κ1) is 13.4. The second-order valence-electron chi connectivity index (χ2n) is 5.46. The normalized spacial score (nSPS) is 11.0. The van der Waals surface area contributed by atoms with Crippen LogP contribution in [0.2, 0.25) is 0 Å². The number of anilines is 1. The molecule has 0 saturated carbocycles. The van der Waals surface area contributed by atoms with Gasteiger partial charge in [-0.1, -0.05) is 18.2 Å². The number of aromatic nitrogens is 4. The van der Waals surface area contributed by atoms with Crippen molar-refractivity contribution < 1.29 is 0 Å². The van der Waals surface area contributed by atoms with Gasteiger partial charge in [0, 0.05) is 20.3 Å². The molecule has 0 bridgehead atoms. The highest BCUT2D eigenvalue weighted by molar-refractivity contribution is 5.87. The van der Waals surface area contributed by atoms with E-state index in [4.69, 9.17) is 5.73 Å². The molecule has 0 fully saturated rings. The second kappa shape index (κ2) is 4.77. The lowest BCUT2D eigenvalue weighted by Gasteiger charge is -2.06. The quantitative estimate of drug-likeness (QED) is 0.785. The van der Waals surface area contributed by atoms with Crippen molar-refractivity contribution in [2.75, 3.05) is 5.73 Å². The minimum absolute atomic E-state index is 0.652. The summed E-state index contributed by atoms with van der Waals surface area (Å²) in [6, 6.07) is 6.34. The van der Waals surface area contributed by atoms with Crippen LogP contribution in [-0.4, -0.2) is 19.3 Å². The van der Waals surface area contributed by atoms with Crippen LogP contribution >= 0.6 is 0 Å². The molecule has 5 heteroatoms. The summed E-state index contributed by atoms with van der Waals surface area (Å²) in [5, 5.41) is 4.54. The molecule has 0 aliphatic carbocycles. The molecule has 1 aromatic carbocycles. The van der Waals surface area contributed by atoms with Crippen LogP contribution in [-0.2, 0) is 14.1 Å². The maximum absolute atomic E-state index is 6.23. The smallest absolute Gasteiger partial charge is 0.129 e. The molecule has 0 atom stereocenters. The maximum Gasteiger partial charge on any atom is 0.129 e. The Balaban J connectivity index is 2.24. The minimum Gasteiger partial charge on any atom is -0.383 e. The Labute approximate surface area is 124 Å². The van der Waals surface area contributed by atoms with Gasteiger partial charge in [-0.3, -0.25) is 4.68 Å². The molecule has 2 aromatic heterocycles. The molecule has 5 nitrogen and oxygen atoms in total. The summed E-state index contributed by atoms with van der Waals surface area (Å²) in [6.07, 6.45) is 3.72. The first-order valence-corrected chi connectivity index (χ1v) is 6.86. The average molecular weight is 281 g/mol. The number of nitrogen functional groups attached to an aromatic ring is 1. The predicted molar refractivity (Wildman–Crippen MR) is 84.7 cm³/mol. The second-order valence-corrected chi connectivity index (χ2v) is 5.46. The summed E-state index contributed by atoms with van der Waals surface area (Å²) < 4.78 is 3.61. The van der Waals surface area contributed by atoms with Crippen LogP contribution in [0.4, 0.5) is 5.82 Å². The molecule has 2 N–H and O–H groups in total. The van der Waals surface area contributed by atoms with E-state index in [1.165, 1.54) is 11.1 Å². The largest absolute Gasteiger partial charge is 0.383 e. The predicted octanol–water partition coefficient (Wildman–Crippen LogP) is 2.69. The van der Waals surface area contributed by atoms with Gasteiger partial charge in [0.15, 0.2) is 0 Å². The van der Waals surface area contributed by atoms with Crippen molar-refractivity contribution in [2.45, 2.75) is 13.8 Å². The number of imidazole rings is 1. The summed E-state index contributed by atoms with van der Waals surface area (Å²) in [7, 11) is 3.80. The van der Waals surface area contributed by atoms with E-state index in [1.807, 2.05) is 24.9 Å². The first-order chi connectivity index (χ1) is 9.97. The van der Waals surface area contributed by atoms with Crippen molar-refractivity contribution in [1.29, 1.82) is 0 Å². The summed E-state index contributed by atoms with van der Waals surface area (Å²) in [4.78, 5) is 4.40. The Bertz CT molecular complexity index is 810. The molecule has 108 valence electrons. The van der Waals surface area contributed by atoms with Gasteiger partial charge >= 0.3 is 0 Å². The van der Waals surface area contributed by atoms with Crippen LogP contribution in [0.1, 0.15) is 11.1 Å². The van der Waals surface area contributed by atoms with Crippen LogP contribution < -0.4 is 5.73 Å². The van der Waals surface area contributed by atoms with Gasteiger partial charge in [-0.05, 0) is 30.5 Å². The van der Waals surface area contributed by atoms with Gasteiger partial charge in [-0.15, -0.1) is 0 Å².